The van der Waals surface area contributed by atoms with Crippen LogP contribution in [-0.4, -0.2) is 4.98 Å². The van der Waals surface area contributed by atoms with Gasteiger partial charge in [-0.15, -0.1) is 0 Å². The van der Waals surface area contributed by atoms with Gasteiger partial charge in [-0.3, -0.25) is 4.98 Å². The van der Waals surface area contributed by atoms with E-state index in [1.807, 2.05) is 30.5 Å². The van der Waals surface area contributed by atoms with Gasteiger partial charge in [0.15, 0.2) is 0 Å². The van der Waals surface area contributed by atoms with Crippen molar-refractivity contribution in [2.45, 2.75) is 32.3 Å². The van der Waals surface area contributed by atoms with E-state index < -0.39 is 0 Å². The van der Waals surface area contributed by atoms with Gasteiger partial charge in [-0.1, -0.05) is 91.0 Å². The normalized spacial score (nSPS) is 12.7. The third kappa shape index (κ3) is 4.89. The molecule has 7 aromatic rings. The molecule has 40 heavy (non-hydrogen) atoms. The van der Waals surface area contributed by atoms with Gasteiger partial charge >= 0.3 is 0 Å². The van der Waals surface area contributed by atoms with Crippen molar-refractivity contribution in [1.82, 2.24) is 4.98 Å². The highest BCUT2D eigenvalue weighted by atomic mass is 16.5. The van der Waals surface area contributed by atoms with Crippen molar-refractivity contribution in [2.24, 2.45) is 0 Å². The maximum Gasteiger partial charge on any atom is 0.120 e. The number of para-hydroxylation sites is 1. The summed E-state index contributed by atoms with van der Waals surface area (Å²) in [5.74, 6) is 0.924. The minimum atomic E-state index is 0.581. The average Bonchev–Trinajstić information content (AvgIpc) is 3.03. The summed E-state index contributed by atoms with van der Waals surface area (Å²) < 4.78 is 6.15. The molecule has 6 aromatic carbocycles. The van der Waals surface area contributed by atoms with Crippen molar-refractivity contribution in [3.05, 3.63) is 144 Å². The smallest absolute Gasteiger partial charge is 0.120 e. The number of aromatic nitrogens is 1. The van der Waals surface area contributed by atoms with Gasteiger partial charge in [0.1, 0.15) is 12.4 Å². The van der Waals surface area contributed by atoms with E-state index in [4.69, 9.17) is 4.74 Å². The lowest BCUT2D eigenvalue weighted by atomic mass is 9.86. The van der Waals surface area contributed by atoms with E-state index in [1.54, 1.807) is 11.1 Å². The van der Waals surface area contributed by atoms with Crippen LogP contribution in [0.1, 0.15) is 29.5 Å². The van der Waals surface area contributed by atoms with Crippen LogP contribution >= 0.6 is 0 Å². The van der Waals surface area contributed by atoms with Gasteiger partial charge < -0.3 is 4.74 Å². The van der Waals surface area contributed by atoms with Crippen LogP contribution in [-0.2, 0) is 19.4 Å². The highest BCUT2D eigenvalue weighted by Crippen LogP contribution is 2.34. The van der Waals surface area contributed by atoms with Gasteiger partial charge in [0, 0.05) is 11.6 Å². The van der Waals surface area contributed by atoms with E-state index in [2.05, 4.69) is 102 Å². The second kappa shape index (κ2) is 10.8. The predicted molar refractivity (Wildman–Crippen MR) is 168 cm³/mol. The zero-order valence-corrected chi connectivity index (χ0v) is 22.5. The Morgan fingerprint density at radius 3 is 2.23 bits per heavy atom. The molecular formula is C38H31NO. The van der Waals surface area contributed by atoms with Crippen molar-refractivity contribution in [1.29, 1.82) is 0 Å². The van der Waals surface area contributed by atoms with Crippen LogP contribution in [0, 0.1) is 0 Å². The van der Waals surface area contributed by atoms with Crippen LogP contribution < -0.4 is 4.74 Å². The van der Waals surface area contributed by atoms with Crippen LogP contribution in [0.4, 0.5) is 0 Å². The molecule has 0 aliphatic heterocycles. The van der Waals surface area contributed by atoms with E-state index in [1.165, 1.54) is 69.0 Å². The molecule has 0 spiro atoms. The summed E-state index contributed by atoms with van der Waals surface area (Å²) in [5.41, 5.74) is 5.37. The Morgan fingerprint density at radius 1 is 0.550 bits per heavy atom. The SMILES string of the molecule is c1ccc2cc(COc3ccc4c(ccc5c6c(ccc54)CCCC6)c3)ccc2c1.c1ccc2ncccc2c1. The lowest BCUT2D eigenvalue weighted by molar-refractivity contribution is 0.307. The zero-order valence-electron chi connectivity index (χ0n) is 22.5. The standard InChI is InChI=1S/C29H24O.C9H7N/c1-2-7-23-17-20(9-10-21(23)5-1)19-30-25-13-16-27-24(18-25)12-15-28-26-8-4-3-6-22(26)11-14-29(27)28;1-2-6-9-8(4-1)5-3-7-10-9/h1-2,5,7,9-18H,3-4,6,8,19H2;1-7H. The number of nitrogens with zero attached hydrogens (tertiary/aromatic N) is 1. The number of pyridine rings is 1. The number of hydrogen-bond acceptors (Lipinski definition) is 2. The molecule has 0 atom stereocenters. The van der Waals surface area contributed by atoms with E-state index >= 15 is 0 Å². The first-order valence-corrected chi connectivity index (χ1v) is 14.2. The van der Waals surface area contributed by atoms with Gasteiger partial charge in [0.2, 0.25) is 0 Å². The fourth-order valence-electron chi connectivity index (χ4n) is 5.98. The highest BCUT2D eigenvalue weighted by molar-refractivity contribution is 6.09. The molecule has 0 fully saturated rings. The molecule has 1 heterocycles. The maximum absolute atomic E-state index is 6.15. The van der Waals surface area contributed by atoms with Gasteiger partial charge in [-0.05, 0) is 105 Å². The number of aryl methyl sites for hydroxylation is 2. The summed E-state index contributed by atoms with van der Waals surface area (Å²) in [6.45, 7) is 0.581. The number of fused-ring (bicyclic) bond motifs is 7. The largest absolute Gasteiger partial charge is 0.489 e. The third-order valence-corrected chi connectivity index (χ3v) is 8.05. The summed E-state index contributed by atoms with van der Waals surface area (Å²) in [4.78, 5) is 4.18. The van der Waals surface area contributed by atoms with Crippen LogP contribution in [0.5, 0.6) is 5.75 Å². The molecule has 0 saturated heterocycles. The van der Waals surface area contributed by atoms with Gasteiger partial charge in [-0.2, -0.15) is 0 Å². The fourth-order valence-corrected chi connectivity index (χ4v) is 5.98. The van der Waals surface area contributed by atoms with Crippen molar-refractivity contribution in [3.8, 4) is 5.75 Å². The quantitative estimate of drug-likeness (QED) is 0.218. The minimum Gasteiger partial charge on any atom is -0.489 e. The van der Waals surface area contributed by atoms with Crippen molar-refractivity contribution in [3.63, 3.8) is 0 Å². The lowest BCUT2D eigenvalue weighted by Crippen LogP contribution is -2.03. The monoisotopic (exact) mass is 517 g/mol. The summed E-state index contributed by atoms with van der Waals surface area (Å²) >= 11 is 0. The highest BCUT2D eigenvalue weighted by Gasteiger charge is 2.13. The summed E-state index contributed by atoms with van der Waals surface area (Å²) in [7, 11) is 0. The molecule has 0 unspecified atom stereocenters. The Hall–Kier alpha value is -4.69. The van der Waals surface area contributed by atoms with Crippen molar-refractivity contribution >= 4 is 43.2 Å². The summed E-state index contributed by atoms with van der Waals surface area (Å²) in [6.07, 6.45) is 6.88. The maximum atomic E-state index is 6.15. The van der Waals surface area contributed by atoms with Gasteiger partial charge in [0.25, 0.3) is 0 Å². The first-order chi connectivity index (χ1) is 19.8. The number of benzene rings is 6. The molecule has 0 N–H and O–H groups in total. The van der Waals surface area contributed by atoms with E-state index in [0.717, 1.165) is 11.3 Å². The Morgan fingerprint density at radius 2 is 1.30 bits per heavy atom. The van der Waals surface area contributed by atoms with Gasteiger partial charge in [0.05, 0.1) is 5.52 Å². The van der Waals surface area contributed by atoms with Crippen LogP contribution in [0.3, 0.4) is 0 Å². The first-order valence-electron chi connectivity index (χ1n) is 14.2. The van der Waals surface area contributed by atoms with Gasteiger partial charge in [-0.25, -0.2) is 0 Å². The van der Waals surface area contributed by atoms with E-state index in [9.17, 15) is 0 Å². The second-order valence-electron chi connectivity index (χ2n) is 10.6. The Bertz CT molecular complexity index is 1910. The Labute approximate surface area is 234 Å². The molecule has 194 valence electrons. The minimum absolute atomic E-state index is 0.581. The molecule has 8 rings (SSSR count). The number of ether oxygens (including phenoxy) is 1. The number of hydrogen-bond donors (Lipinski definition) is 0. The molecule has 0 bridgehead atoms. The fraction of sp³-hybridized carbons (Fsp3) is 0.132. The molecule has 1 aliphatic carbocycles. The van der Waals surface area contributed by atoms with Crippen molar-refractivity contribution < 1.29 is 4.74 Å². The molecule has 1 aromatic heterocycles. The van der Waals surface area contributed by atoms with E-state index in [0.29, 0.717) is 6.61 Å². The summed E-state index contributed by atoms with van der Waals surface area (Å²) in [6, 6.07) is 42.8. The number of rotatable bonds is 3. The van der Waals surface area contributed by atoms with Crippen molar-refractivity contribution in [2.75, 3.05) is 0 Å². The third-order valence-electron chi connectivity index (χ3n) is 8.05. The van der Waals surface area contributed by atoms with Crippen LogP contribution in [0.25, 0.3) is 43.2 Å². The molecule has 0 saturated carbocycles. The van der Waals surface area contributed by atoms with Crippen LogP contribution in [0.15, 0.2) is 128 Å². The second-order valence-corrected chi connectivity index (χ2v) is 10.6. The average molecular weight is 518 g/mol. The molecule has 1 aliphatic rings. The summed E-state index contributed by atoms with van der Waals surface area (Å²) in [5, 5.41) is 9.09. The molecule has 2 nitrogen and oxygen atoms in total. The molecule has 0 amide bonds. The first kappa shape index (κ1) is 24.4. The predicted octanol–water partition coefficient (Wildman–Crippen LogP) is 9.84. The Kier molecular flexibility index (Phi) is 6.59. The molecule has 0 radical (unpaired) electrons. The Balaban J connectivity index is 0.000000222. The lowest BCUT2D eigenvalue weighted by Gasteiger charge is -2.19. The van der Waals surface area contributed by atoms with Crippen LogP contribution in [0.2, 0.25) is 0 Å². The molecule has 2 heteroatoms. The van der Waals surface area contributed by atoms with E-state index in [-0.39, 0.29) is 0 Å². The molecular weight excluding hydrogens is 486 g/mol. The topological polar surface area (TPSA) is 22.1 Å². The zero-order chi connectivity index (χ0) is 26.7.